The monoisotopic (exact) mass is 188 g/mol. The van der Waals surface area contributed by atoms with Crippen molar-refractivity contribution in [2.45, 2.75) is 0 Å². The van der Waals surface area contributed by atoms with Crippen LogP contribution in [-0.2, 0) is 0 Å². The summed E-state index contributed by atoms with van der Waals surface area (Å²) in [5.41, 5.74) is 1.40. The van der Waals surface area contributed by atoms with Crippen molar-refractivity contribution < 1.29 is 8.91 Å². The molecule has 0 saturated carbocycles. The van der Waals surface area contributed by atoms with Gasteiger partial charge >= 0.3 is 0 Å². The molecule has 14 heavy (non-hydrogen) atoms. The predicted molar refractivity (Wildman–Crippen MR) is 49.3 cm³/mol. The second-order valence-electron chi connectivity index (χ2n) is 3.01. The van der Waals surface area contributed by atoms with Gasteiger partial charge in [0.15, 0.2) is 5.58 Å². The van der Waals surface area contributed by atoms with Gasteiger partial charge < -0.3 is 4.52 Å². The zero-order valence-corrected chi connectivity index (χ0v) is 7.07. The third-order valence-electron chi connectivity index (χ3n) is 2.16. The highest BCUT2D eigenvalue weighted by Gasteiger charge is 2.05. The molecule has 68 valence electrons. The van der Waals surface area contributed by atoms with E-state index in [4.69, 9.17) is 4.52 Å². The van der Waals surface area contributed by atoms with Gasteiger partial charge in [0, 0.05) is 23.0 Å². The molecule has 4 heteroatoms. The van der Waals surface area contributed by atoms with E-state index in [1.54, 1.807) is 12.3 Å². The maximum absolute atomic E-state index is 12.7. The third-order valence-corrected chi connectivity index (χ3v) is 2.16. The maximum Gasteiger partial charge on any atom is 0.251 e. The first-order valence-electron chi connectivity index (χ1n) is 4.14. The second kappa shape index (κ2) is 2.51. The van der Waals surface area contributed by atoms with E-state index in [2.05, 4.69) is 10.1 Å². The van der Waals surface area contributed by atoms with Crippen LogP contribution in [0.25, 0.3) is 21.9 Å². The van der Waals surface area contributed by atoms with Gasteiger partial charge in [-0.2, -0.15) is 4.39 Å². The van der Waals surface area contributed by atoms with E-state index in [0.29, 0.717) is 11.0 Å². The molecule has 0 aliphatic carbocycles. The van der Waals surface area contributed by atoms with Crippen molar-refractivity contribution in [2.24, 2.45) is 0 Å². The number of benzene rings is 1. The number of rotatable bonds is 0. The summed E-state index contributed by atoms with van der Waals surface area (Å²) in [6.07, 6.45) is 1.68. The fourth-order valence-corrected chi connectivity index (χ4v) is 1.53. The molecule has 2 heterocycles. The second-order valence-corrected chi connectivity index (χ2v) is 3.01. The Balaban J connectivity index is 2.57. The molecular formula is C10H5FN2O. The number of hydrogen-bond acceptors (Lipinski definition) is 3. The van der Waals surface area contributed by atoms with Gasteiger partial charge in [0.05, 0.1) is 5.52 Å². The van der Waals surface area contributed by atoms with Crippen LogP contribution >= 0.6 is 0 Å². The van der Waals surface area contributed by atoms with Crippen molar-refractivity contribution in [3.8, 4) is 0 Å². The van der Waals surface area contributed by atoms with Crippen LogP contribution in [0.3, 0.4) is 0 Å². The van der Waals surface area contributed by atoms with Crippen LogP contribution in [0.2, 0.25) is 0 Å². The highest BCUT2D eigenvalue weighted by Crippen LogP contribution is 2.23. The highest BCUT2D eigenvalue weighted by molar-refractivity contribution is 6.02. The van der Waals surface area contributed by atoms with Crippen molar-refractivity contribution in [3.05, 3.63) is 36.4 Å². The lowest BCUT2D eigenvalue weighted by molar-refractivity contribution is 0.375. The van der Waals surface area contributed by atoms with Crippen LogP contribution in [-0.4, -0.2) is 10.1 Å². The summed E-state index contributed by atoms with van der Waals surface area (Å²) in [6, 6.07) is 6.75. The number of fused-ring (bicyclic) bond motifs is 3. The van der Waals surface area contributed by atoms with E-state index in [1.165, 1.54) is 6.07 Å². The van der Waals surface area contributed by atoms with Gasteiger partial charge in [0.25, 0.3) is 5.95 Å². The van der Waals surface area contributed by atoms with Crippen molar-refractivity contribution in [2.75, 3.05) is 0 Å². The quantitative estimate of drug-likeness (QED) is 0.544. The molecule has 0 spiro atoms. The number of hydrogen-bond donors (Lipinski definition) is 0. The standard InChI is InChI=1S/C10H5FN2O/c11-9-5-6-1-2-8-7(3-4-12-8)10(6)14-13-9/h1-5H. The molecule has 3 nitrogen and oxygen atoms in total. The van der Waals surface area contributed by atoms with Gasteiger partial charge in [0.1, 0.15) is 0 Å². The first-order chi connectivity index (χ1) is 6.84. The molecule has 0 aliphatic heterocycles. The van der Waals surface area contributed by atoms with Gasteiger partial charge in [-0.1, -0.05) is 0 Å². The zero-order chi connectivity index (χ0) is 9.54. The summed E-state index contributed by atoms with van der Waals surface area (Å²) in [5.74, 6) is -0.614. The van der Waals surface area contributed by atoms with Crippen LogP contribution in [0, 0.1) is 5.95 Å². The lowest BCUT2D eigenvalue weighted by Gasteiger charge is -1.96. The minimum atomic E-state index is -0.614. The van der Waals surface area contributed by atoms with Gasteiger partial charge in [0.2, 0.25) is 0 Å². The maximum atomic E-state index is 12.7. The predicted octanol–water partition coefficient (Wildman–Crippen LogP) is 2.52. The Bertz CT molecular complexity index is 618. The minimum absolute atomic E-state index is 0.571. The van der Waals surface area contributed by atoms with E-state index >= 15 is 0 Å². The molecule has 0 aliphatic rings. The van der Waals surface area contributed by atoms with Crippen molar-refractivity contribution in [3.63, 3.8) is 0 Å². The molecule has 2 aromatic heterocycles. The fraction of sp³-hybridized carbons (Fsp3) is 0. The SMILES string of the molecule is Fc1cc2ccc3nccc3c2on1. The van der Waals surface area contributed by atoms with Gasteiger partial charge in [-0.15, -0.1) is 0 Å². The first-order valence-corrected chi connectivity index (χ1v) is 4.14. The van der Waals surface area contributed by atoms with Gasteiger partial charge in [-0.3, -0.25) is 4.98 Å². The van der Waals surface area contributed by atoms with E-state index in [0.717, 1.165) is 10.9 Å². The lowest BCUT2D eigenvalue weighted by Crippen LogP contribution is -1.82. The number of halogens is 1. The number of nitrogens with zero attached hydrogens (tertiary/aromatic N) is 2. The Morgan fingerprint density at radius 1 is 1.21 bits per heavy atom. The van der Waals surface area contributed by atoms with Crippen LogP contribution < -0.4 is 0 Å². The molecule has 3 aromatic rings. The van der Waals surface area contributed by atoms with E-state index in [-0.39, 0.29) is 0 Å². The normalized spacial score (nSPS) is 11.2. The molecular weight excluding hydrogens is 183 g/mol. The summed E-state index contributed by atoms with van der Waals surface area (Å²) in [4.78, 5) is 4.11. The Hall–Kier alpha value is -1.97. The highest BCUT2D eigenvalue weighted by atomic mass is 19.1. The van der Waals surface area contributed by atoms with E-state index < -0.39 is 5.95 Å². The molecule has 0 atom stereocenters. The van der Waals surface area contributed by atoms with Crippen LogP contribution in [0.5, 0.6) is 0 Å². The summed E-state index contributed by atoms with van der Waals surface area (Å²) in [5, 5.41) is 4.82. The van der Waals surface area contributed by atoms with Crippen molar-refractivity contribution in [1.29, 1.82) is 0 Å². The fourth-order valence-electron chi connectivity index (χ4n) is 1.53. The van der Waals surface area contributed by atoms with E-state index in [1.807, 2.05) is 12.1 Å². The van der Waals surface area contributed by atoms with Crippen LogP contribution in [0.4, 0.5) is 4.39 Å². The average molecular weight is 188 g/mol. The van der Waals surface area contributed by atoms with Gasteiger partial charge in [-0.05, 0) is 23.4 Å². The average Bonchev–Trinajstić information content (AvgIpc) is 2.65. The largest absolute Gasteiger partial charge is 0.353 e. The molecule has 3 rings (SSSR count). The zero-order valence-electron chi connectivity index (χ0n) is 7.07. The summed E-state index contributed by atoms with van der Waals surface area (Å²) in [7, 11) is 0. The van der Waals surface area contributed by atoms with Crippen LogP contribution in [0.15, 0.2) is 35.0 Å². The summed E-state index contributed by atoms with van der Waals surface area (Å²) < 4.78 is 17.7. The lowest BCUT2D eigenvalue weighted by atomic mass is 10.2. The summed E-state index contributed by atoms with van der Waals surface area (Å²) in [6.45, 7) is 0. The van der Waals surface area contributed by atoms with Crippen molar-refractivity contribution in [1.82, 2.24) is 10.1 Å². The Morgan fingerprint density at radius 2 is 2.14 bits per heavy atom. The van der Waals surface area contributed by atoms with Gasteiger partial charge in [-0.25, -0.2) is 0 Å². The molecule has 1 aromatic carbocycles. The van der Waals surface area contributed by atoms with Crippen LogP contribution in [0.1, 0.15) is 0 Å². The van der Waals surface area contributed by atoms with Crippen molar-refractivity contribution >= 4 is 21.9 Å². The Morgan fingerprint density at radius 3 is 3.07 bits per heavy atom. The molecule has 0 amide bonds. The van der Waals surface area contributed by atoms with E-state index in [9.17, 15) is 4.39 Å². The Kier molecular flexibility index (Phi) is 1.33. The Labute approximate surface area is 78.1 Å². The minimum Gasteiger partial charge on any atom is -0.353 e. The first kappa shape index (κ1) is 7.44. The molecule has 0 N–H and O–H groups in total. The smallest absolute Gasteiger partial charge is 0.251 e. The third kappa shape index (κ3) is 0.907. The molecule has 0 unspecified atom stereocenters. The molecule has 0 bridgehead atoms. The molecule has 0 fully saturated rings. The number of aromatic nitrogens is 2. The molecule has 0 saturated heterocycles. The molecule has 0 radical (unpaired) electrons. The topological polar surface area (TPSA) is 38.9 Å². The summed E-state index contributed by atoms with van der Waals surface area (Å²) >= 11 is 0.